The maximum absolute atomic E-state index is 12.2. The summed E-state index contributed by atoms with van der Waals surface area (Å²) in [6.45, 7) is 5.71. The van der Waals surface area contributed by atoms with E-state index < -0.39 is 5.97 Å². The maximum atomic E-state index is 12.2. The molecule has 0 saturated heterocycles. The van der Waals surface area contributed by atoms with Gasteiger partial charge >= 0.3 is 5.97 Å². The second-order valence-corrected chi connectivity index (χ2v) is 7.19. The van der Waals surface area contributed by atoms with Crippen LogP contribution < -0.4 is 14.2 Å². The Kier molecular flexibility index (Phi) is 5.35. The Labute approximate surface area is 158 Å². The number of ketones is 1. The minimum absolute atomic E-state index is 0.115. The molecule has 0 radical (unpaired) electrons. The van der Waals surface area contributed by atoms with Crippen LogP contribution in [0.25, 0.3) is 0 Å². The molecule has 0 unspecified atom stereocenters. The van der Waals surface area contributed by atoms with Gasteiger partial charge < -0.3 is 18.9 Å². The van der Waals surface area contributed by atoms with Gasteiger partial charge in [-0.3, -0.25) is 4.79 Å². The topological polar surface area (TPSA) is 71.1 Å². The van der Waals surface area contributed by atoms with Crippen molar-refractivity contribution >= 4 is 11.8 Å². The molecule has 142 valence electrons. The zero-order chi connectivity index (χ0) is 19.4. The fourth-order valence-electron chi connectivity index (χ4n) is 2.69. The van der Waals surface area contributed by atoms with E-state index in [4.69, 9.17) is 18.9 Å². The molecule has 1 aliphatic heterocycles. The Morgan fingerprint density at radius 2 is 1.74 bits per heavy atom. The predicted molar refractivity (Wildman–Crippen MR) is 98.5 cm³/mol. The van der Waals surface area contributed by atoms with E-state index in [0.29, 0.717) is 22.8 Å². The summed E-state index contributed by atoms with van der Waals surface area (Å²) in [5, 5.41) is 0. The molecule has 6 heteroatoms. The van der Waals surface area contributed by atoms with Crippen LogP contribution in [0, 0.1) is 0 Å². The van der Waals surface area contributed by atoms with E-state index in [9.17, 15) is 9.59 Å². The SMILES string of the molecule is CC(C)(C)c1ccccc1OCC(=O)OCC(=O)c1ccc2c(c1)OCO2. The monoisotopic (exact) mass is 370 g/mol. The van der Waals surface area contributed by atoms with Crippen LogP contribution in [0.15, 0.2) is 42.5 Å². The van der Waals surface area contributed by atoms with Crippen LogP contribution in [0.2, 0.25) is 0 Å². The van der Waals surface area contributed by atoms with E-state index >= 15 is 0 Å². The zero-order valence-corrected chi connectivity index (χ0v) is 15.6. The van der Waals surface area contributed by atoms with E-state index in [-0.39, 0.29) is 31.2 Å². The van der Waals surface area contributed by atoms with Gasteiger partial charge in [-0.05, 0) is 35.2 Å². The first-order valence-electron chi connectivity index (χ1n) is 8.65. The van der Waals surface area contributed by atoms with Gasteiger partial charge in [-0.1, -0.05) is 39.0 Å². The highest BCUT2D eigenvalue weighted by atomic mass is 16.7. The summed E-state index contributed by atoms with van der Waals surface area (Å²) in [6, 6.07) is 12.4. The summed E-state index contributed by atoms with van der Waals surface area (Å²) in [5.74, 6) is 0.803. The molecule has 0 fully saturated rings. The molecular formula is C21H22O6. The maximum Gasteiger partial charge on any atom is 0.344 e. The fraction of sp³-hybridized carbons (Fsp3) is 0.333. The normalized spacial score (nSPS) is 12.6. The number of para-hydroxylation sites is 1. The highest BCUT2D eigenvalue weighted by Crippen LogP contribution is 2.33. The number of carbonyl (C=O) groups excluding carboxylic acids is 2. The number of carbonyl (C=O) groups is 2. The molecule has 1 aliphatic rings. The Morgan fingerprint density at radius 1 is 1.00 bits per heavy atom. The van der Waals surface area contributed by atoms with E-state index in [1.165, 1.54) is 0 Å². The van der Waals surface area contributed by atoms with Crippen molar-refractivity contribution in [3.8, 4) is 17.2 Å². The third-order valence-electron chi connectivity index (χ3n) is 4.10. The lowest BCUT2D eigenvalue weighted by atomic mass is 9.86. The summed E-state index contributed by atoms with van der Waals surface area (Å²) in [6.07, 6.45) is 0. The van der Waals surface area contributed by atoms with Crippen molar-refractivity contribution in [3.05, 3.63) is 53.6 Å². The van der Waals surface area contributed by atoms with Crippen molar-refractivity contribution in [2.75, 3.05) is 20.0 Å². The molecule has 0 N–H and O–H groups in total. The molecule has 1 heterocycles. The minimum atomic E-state index is -0.604. The number of rotatable bonds is 6. The fourth-order valence-corrected chi connectivity index (χ4v) is 2.69. The molecule has 0 atom stereocenters. The van der Waals surface area contributed by atoms with Gasteiger partial charge in [-0.25, -0.2) is 4.79 Å². The molecule has 0 aliphatic carbocycles. The summed E-state index contributed by atoms with van der Waals surface area (Å²) in [5.41, 5.74) is 1.27. The Bertz CT molecular complexity index is 850. The summed E-state index contributed by atoms with van der Waals surface area (Å²) >= 11 is 0. The molecule has 3 rings (SSSR count). The summed E-state index contributed by atoms with van der Waals surface area (Å²) in [4.78, 5) is 24.2. The van der Waals surface area contributed by atoms with Gasteiger partial charge in [-0.2, -0.15) is 0 Å². The Morgan fingerprint density at radius 3 is 2.52 bits per heavy atom. The number of esters is 1. The van der Waals surface area contributed by atoms with Gasteiger partial charge in [0.1, 0.15) is 5.75 Å². The Hall–Kier alpha value is -3.02. The van der Waals surface area contributed by atoms with Gasteiger partial charge in [0.15, 0.2) is 30.5 Å². The van der Waals surface area contributed by atoms with E-state index in [2.05, 4.69) is 20.8 Å². The molecular weight excluding hydrogens is 348 g/mol. The number of fused-ring (bicyclic) bond motifs is 1. The Balaban J connectivity index is 1.53. The van der Waals surface area contributed by atoms with E-state index in [1.54, 1.807) is 18.2 Å². The third kappa shape index (κ3) is 4.58. The van der Waals surface area contributed by atoms with Crippen LogP contribution in [0.5, 0.6) is 17.2 Å². The lowest BCUT2D eigenvalue weighted by Crippen LogP contribution is -2.21. The molecule has 0 spiro atoms. The average molecular weight is 370 g/mol. The van der Waals surface area contributed by atoms with Crippen LogP contribution in [0.4, 0.5) is 0 Å². The van der Waals surface area contributed by atoms with Crippen molar-refractivity contribution in [1.82, 2.24) is 0 Å². The first-order chi connectivity index (χ1) is 12.8. The lowest BCUT2D eigenvalue weighted by Gasteiger charge is -2.22. The average Bonchev–Trinajstić information content (AvgIpc) is 3.11. The molecule has 2 aromatic carbocycles. The highest BCUT2D eigenvalue weighted by molar-refractivity contribution is 5.98. The first kappa shape index (κ1) is 18.8. The highest BCUT2D eigenvalue weighted by Gasteiger charge is 2.20. The van der Waals surface area contributed by atoms with Crippen molar-refractivity contribution < 1.29 is 28.5 Å². The van der Waals surface area contributed by atoms with Gasteiger partial charge in [0.05, 0.1) is 0 Å². The molecule has 0 saturated carbocycles. The van der Waals surface area contributed by atoms with Gasteiger partial charge in [0.25, 0.3) is 0 Å². The number of ether oxygens (including phenoxy) is 4. The van der Waals surface area contributed by atoms with Crippen molar-refractivity contribution in [2.24, 2.45) is 0 Å². The van der Waals surface area contributed by atoms with E-state index in [0.717, 1.165) is 5.56 Å². The van der Waals surface area contributed by atoms with Gasteiger partial charge in [0.2, 0.25) is 6.79 Å². The standard InChI is InChI=1S/C21H22O6/c1-21(2,3)15-6-4-5-7-17(15)24-12-20(23)25-11-16(22)14-8-9-18-19(10-14)27-13-26-18/h4-10H,11-13H2,1-3H3. The number of benzene rings is 2. The molecule has 0 aromatic heterocycles. The smallest absolute Gasteiger partial charge is 0.344 e. The van der Waals surface area contributed by atoms with Crippen LogP contribution in [-0.4, -0.2) is 31.8 Å². The molecule has 6 nitrogen and oxygen atoms in total. The lowest BCUT2D eigenvalue weighted by molar-refractivity contribution is -0.144. The second kappa shape index (κ2) is 7.70. The number of hydrogen-bond donors (Lipinski definition) is 0. The largest absolute Gasteiger partial charge is 0.482 e. The van der Waals surface area contributed by atoms with Crippen molar-refractivity contribution in [1.29, 1.82) is 0 Å². The quantitative estimate of drug-likeness (QED) is 0.572. The van der Waals surface area contributed by atoms with Crippen LogP contribution in [0.1, 0.15) is 36.7 Å². The van der Waals surface area contributed by atoms with Crippen LogP contribution >= 0.6 is 0 Å². The third-order valence-corrected chi connectivity index (χ3v) is 4.10. The molecule has 0 bridgehead atoms. The molecule has 27 heavy (non-hydrogen) atoms. The van der Waals surface area contributed by atoms with Gasteiger partial charge in [0, 0.05) is 5.56 Å². The first-order valence-corrected chi connectivity index (χ1v) is 8.65. The summed E-state index contributed by atoms with van der Waals surface area (Å²) in [7, 11) is 0. The van der Waals surface area contributed by atoms with E-state index in [1.807, 2.05) is 24.3 Å². The molecule has 2 aromatic rings. The molecule has 0 amide bonds. The number of Topliss-reactive ketones (excluding diaryl/α,β-unsaturated/α-hetero) is 1. The van der Waals surface area contributed by atoms with Gasteiger partial charge in [-0.15, -0.1) is 0 Å². The predicted octanol–water partition coefficient (Wildman–Crippen LogP) is 3.52. The van der Waals surface area contributed by atoms with Crippen LogP contribution in [-0.2, 0) is 14.9 Å². The zero-order valence-electron chi connectivity index (χ0n) is 15.6. The number of hydrogen-bond acceptors (Lipinski definition) is 6. The minimum Gasteiger partial charge on any atom is -0.482 e. The van der Waals surface area contributed by atoms with Crippen molar-refractivity contribution in [2.45, 2.75) is 26.2 Å². The van der Waals surface area contributed by atoms with Crippen molar-refractivity contribution in [3.63, 3.8) is 0 Å². The second-order valence-electron chi connectivity index (χ2n) is 7.19. The van der Waals surface area contributed by atoms with Crippen LogP contribution in [0.3, 0.4) is 0 Å². The summed E-state index contributed by atoms with van der Waals surface area (Å²) < 4.78 is 21.1.